The Bertz CT molecular complexity index is 272. The third kappa shape index (κ3) is 3.61. The zero-order chi connectivity index (χ0) is 11.3. The molecule has 0 saturated heterocycles. The molecule has 0 aliphatic heterocycles. The van der Waals surface area contributed by atoms with Crippen molar-refractivity contribution in [3.8, 4) is 0 Å². The van der Waals surface area contributed by atoms with Crippen molar-refractivity contribution in [3.63, 3.8) is 0 Å². The maximum atomic E-state index is 11.7. The summed E-state index contributed by atoms with van der Waals surface area (Å²) in [7, 11) is 0. The highest BCUT2D eigenvalue weighted by Gasteiger charge is 2.30. The third-order valence-electron chi connectivity index (χ3n) is 2.23. The second-order valence-corrected chi connectivity index (χ2v) is 4.61. The lowest BCUT2D eigenvalue weighted by Gasteiger charge is -2.22. The molecule has 1 aliphatic carbocycles. The number of ether oxygens (including phenoxy) is 1. The fourth-order valence-corrected chi connectivity index (χ4v) is 1.52. The lowest BCUT2D eigenvalue weighted by Crippen LogP contribution is -2.30. The van der Waals surface area contributed by atoms with Gasteiger partial charge in [-0.05, 0) is 13.3 Å². The summed E-state index contributed by atoms with van der Waals surface area (Å²) in [5, 5.41) is 9.27. The minimum Gasteiger partial charge on any atom is -0.462 e. The lowest BCUT2D eigenvalue weighted by molar-refractivity contribution is -0.152. The van der Waals surface area contributed by atoms with Crippen molar-refractivity contribution < 1.29 is 14.6 Å². The minimum absolute atomic E-state index is 0.0685. The zero-order valence-electron chi connectivity index (χ0n) is 8.65. The minimum atomic E-state index is -0.663. The third-order valence-corrected chi connectivity index (χ3v) is 3.24. The van der Waals surface area contributed by atoms with Gasteiger partial charge in [0.1, 0.15) is 12.0 Å². The number of carbonyl (C=O) groups is 1. The fraction of sp³-hybridized carbons (Fsp3) is 0.545. The Balaban J connectivity index is 2.49. The summed E-state index contributed by atoms with van der Waals surface area (Å²) in [6.45, 7) is 1.87. The monoisotopic (exact) mass is 322 g/mol. The Kier molecular flexibility index (Phi) is 4.79. The molecule has 1 aliphatic rings. The molecule has 0 aromatic carbocycles. The van der Waals surface area contributed by atoms with E-state index in [1.54, 1.807) is 6.92 Å². The van der Waals surface area contributed by atoms with E-state index in [4.69, 9.17) is 4.74 Å². The largest absolute Gasteiger partial charge is 0.462 e. The topological polar surface area (TPSA) is 46.5 Å². The normalized spacial score (nSPS) is 19.9. The molecule has 0 aromatic heterocycles. The van der Waals surface area contributed by atoms with E-state index in [2.05, 4.69) is 0 Å². The molecule has 1 rings (SSSR count). The van der Waals surface area contributed by atoms with E-state index in [0.29, 0.717) is 4.43 Å². The van der Waals surface area contributed by atoms with Gasteiger partial charge in [-0.25, -0.2) is 0 Å². The summed E-state index contributed by atoms with van der Waals surface area (Å²) >= 11 is 2.05. The first-order valence-electron chi connectivity index (χ1n) is 4.85. The Morgan fingerprint density at radius 3 is 2.73 bits per heavy atom. The van der Waals surface area contributed by atoms with Crippen molar-refractivity contribution in [3.05, 3.63) is 24.3 Å². The molecular weight excluding hydrogens is 307 g/mol. The van der Waals surface area contributed by atoms with Crippen LogP contribution in [0.2, 0.25) is 0 Å². The summed E-state index contributed by atoms with van der Waals surface area (Å²) in [5.74, 6) is -0.307. The van der Waals surface area contributed by atoms with Gasteiger partial charge in [-0.1, -0.05) is 46.9 Å². The van der Waals surface area contributed by atoms with Crippen LogP contribution >= 0.6 is 22.6 Å². The van der Waals surface area contributed by atoms with Crippen molar-refractivity contribution in [2.75, 3.05) is 11.0 Å². The molecule has 84 valence electrons. The summed E-state index contributed by atoms with van der Waals surface area (Å²) in [6.07, 6.45) is 7.85. The SMILES string of the molecule is CC1(C(=O)OCC(O)CI)C=CCC=C1. The fourth-order valence-electron chi connectivity index (χ4n) is 1.27. The molecule has 0 radical (unpaired) electrons. The van der Waals surface area contributed by atoms with Gasteiger partial charge in [0.15, 0.2) is 0 Å². The molecular formula is C11H15IO3. The Morgan fingerprint density at radius 1 is 1.60 bits per heavy atom. The summed E-state index contributed by atoms with van der Waals surface area (Å²) in [5.41, 5.74) is -0.663. The molecule has 0 aromatic rings. The molecule has 0 bridgehead atoms. The van der Waals surface area contributed by atoms with E-state index in [0.717, 1.165) is 6.42 Å². The van der Waals surface area contributed by atoms with Crippen LogP contribution in [0.25, 0.3) is 0 Å². The number of rotatable bonds is 4. The number of aliphatic hydroxyl groups is 1. The van der Waals surface area contributed by atoms with Crippen LogP contribution in [0.3, 0.4) is 0 Å². The number of hydrogen-bond acceptors (Lipinski definition) is 3. The predicted molar refractivity (Wildman–Crippen MR) is 66.9 cm³/mol. The van der Waals surface area contributed by atoms with Crippen LogP contribution < -0.4 is 0 Å². The molecule has 3 nitrogen and oxygen atoms in total. The van der Waals surface area contributed by atoms with Crippen LogP contribution in [0.5, 0.6) is 0 Å². The maximum Gasteiger partial charge on any atom is 0.319 e. The maximum absolute atomic E-state index is 11.7. The van der Waals surface area contributed by atoms with Crippen LogP contribution in [0.1, 0.15) is 13.3 Å². The van der Waals surface area contributed by atoms with E-state index < -0.39 is 11.5 Å². The first kappa shape index (κ1) is 12.7. The molecule has 15 heavy (non-hydrogen) atoms. The van der Waals surface area contributed by atoms with Gasteiger partial charge in [0.05, 0.1) is 6.10 Å². The average Bonchev–Trinajstić information content (AvgIpc) is 2.26. The summed E-state index contributed by atoms with van der Waals surface area (Å²) < 4.78 is 5.60. The highest BCUT2D eigenvalue weighted by atomic mass is 127. The van der Waals surface area contributed by atoms with Gasteiger partial charge < -0.3 is 9.84 Å². The molecule has 1 unspecified atom stereocenters. The van der Waals surface area contributed by atoms with Crippen LogP contribution in [0, 0.1) is 5.41 Å². The average molecular weight is 322 g/mol. The van der Waals surface area contributed by atoms with Crippen molar-refractivity contribution in [1.29, 1.82) is 0 Å². The molecule has 0 heterocycles. The van der Waals surface area contributed by atoms with Crippen LogP contribution in [0.15, 0.2) is 24.3 Å². The number of carbonyl (C=O) groups excluding carboxylic acids is 1. The van der Waals surface area contributed by atoms with Gasteiger partial charge in [0.2, 0.25) is 0 Å². The Labute approximate surface area is 103 Å². The molecule has 1 N–H and O–H groups in total. The summed E-state index contributed by atoms with van der Waals surface area (Å²) in [4.78, 5) is 11.7. The van der Waals surface area contributed by atoms with Crippen molar-refractivity contribution >= 4 is 28.6 Å². The van der Waals surface area contributed by atoms with E-state index in [-0.39, 0.29) is 12.6 Å². The number of allylic oxidation sites excluding steroid dienone is 2. The van der Waals surface area contributed by atoms with E-state index >= 15 is 0 Å². The number of hydrogen-bond donors (Lipinski definition) is 1. The molecule has 0 spiro atoms. The predicted octanol–water partition coefficient (Wildman–Crippen LogP) is 1.85. The highest BCUT2D eigenvalue weighted by molar-refractivity contribution is 14.1. The van der Waals surface area contributed by atoms with Gasteiger partial charge in [0, 0.05) is 4.43 Å². The van der Waals surface area contributed by atoms with Crippen LogP contribution in [-0.4, -0.2) is 28.2 Å². The van der Waals surface area contributed by atoms with Gasteiger partial charge in [-0.15, -0.1) is 0 Å². The molecule has 4 heteroatoms. The van der Waals surface area contributed by atoms with Crippen molar-refractivity contribution in [2.24, 2.45) is 5.41 Å². The van der Waals surface area contributed by atoms with Crippen LogP contribution in [-0.2, 0) is 9.53 Å². The number of halogens is 1. The lowest BCUT2D eigenvalue weighted by atomic mass is 9.86. The van der Waals surface area contributed by atoms with E-state index in [9.17, 15) is 9.90 Å². The first-order chi connectivity index (χ1) is 7.08. The van der Waals surface area contributed by atoms with E-state index in [1.807, 2.05) is 46.9 Å². The Morgan fingerprint density at radius 2 is 2.20 bits per heavy atom. The van der Waals surface area contributed by atoms with Crippen molar-refractivity contribution in [2.45, 2.75) is 19.4 Å². The second-order valence-electron chi connectivity index (χ2n) is 3.73. The Hall–Kier alpha value is -0.360. The second kappa shape index (κ2) is 5.65. The number of alkyl halides is 1. The highest BCUT2D eigenvalue weighted by Crippen LogP contribution is 2.26. The van der Waals surface area contributed by atoms with E-state index in [1.165, 1.54) is 0 Å². The van der Waals surface area contributed by atoms with Crippen LogP contribution in [0.4, 0.5) is 0 Å². The zero-order valence-corrected chi connectivity index (χ0v) is 10.8. The smallest absolute Gasteiger partial charge is 0.319 e. The van der Waals surface area contributed by atoms with Crippen molar-refractivity contribution in [1.82, 2.24) is 0 Å². The summed E-state index contributed by atoms with van der Waals surface area (Å²) in [6, 6.07) is 0. The van der Waals surface area contributed by atoms with Gasteiger partial charge in [-0.2, -0.15) is 0 Å². The number of esters is 1. The number of aliphatic hydroxyl groups excluding tert-OH is 1. The standard InChI is InChI=1S/C11H15IO3/c1-11(5-3-2-4-6-11)10(14)15-8-9(13)7-12/h3-6,9,13H,2,7-8H2,1H3. The van der Waals surface area contributed by atoms with Gasteiger partial charge >= 0.3 is 5.97 Å². The first-order valence-corrected chi connectivity index (χ1v) is 6.37. The van der Waals surface area contributed by atoms with Gasteiger partial charge in [0.25, 0.3) is 0 Å². The molecule has 0 saturated carbocycles. The molecule has 0 amide bonds. The molecule has 0 fully saturated rings. The quantitative estimate of drug-likeness (QED) is 0.372. The molecule has 1 atom stereocenters. The van der Waals surface area contributed by atoms with Gasteiger partial charge in [-0.3, -0.25) is 4.79 Å².